The Labute approximate surface area is 147 Å². The Hall–Kier alpha value is -1.13. The van der Waals surface area contributed by atoms with E-state index in [1.165, 1.54) is 43.2 Å². The molecule has 23 heavy (non-hydrogen) atoms. The van der Waals surface area contributed by atoms with Gasteiger partial charge in [-0.15, -0.1) is 0 Å². The molecule has 1 fully saturated rings. The van der Waals surface area contributed by atoms with Crippen molar-refractivity contribution in [2.45, 2.75) is 45.1 Å². The van der Waals surface area contributed by atoms with Gasteiger partial charge in [0, 0.05) is 25.6 Å². The van der Waals surface area contributed by atoms with Crippen LogP contribution in [0.3, 0.4) is 0 Å². The monoisotopic (exact) mass is 376 g/mol. The molecule has 0 unspecified atom stereocenters. The maximum Gasteiger partial charge on any atom is 0.112 e. The largest absolute Gasteiger partial charge is 0.384 e. The molecule has 4 heteroatoms. The van der Waals surface area contributed by atoms with E-state index in [0.717, 1.165) is 29.2 Å². The second kappa shape index (κ2) is 8.11. The molecule has 0 spiro atoms. The van der Waals surface area contributed by atoms with Gasteiger partial charge in [0.1, 0.15) is 4.60 Å². The summed E-state index contributed by atoms with van der Waals surface area (Å²) in [5.41, 5.74) is 3.57. The summed E-state index contributed by atoms with van der Waals surface area (Å²) >= 11 is 3.82. The summed E-state index contributed by atoms with van der Waals surface area (Å²) < 4.78 is 8.55. The molecule has 1 aliphatic rings. The molecule has 0 atom stereocenters. The minimum absolute atomic E-state index is 0.701. The summed E-state index contributed by atoms with van der Waals surface area (Å²) in [6, 6.07) is 10.5. The highest BCUT2D eigenvalue weighted by Gasteiger charge is 2.21. The highest BCUT2D eigenvalue weighted by atomic mass is 79.9. The molecule has 0 radical (unpaired) electrons. The fraction of sp³-hybridized carbons (Fsp3) is 0.526. The molecule has 0 saturated heterocycles. The van der Waals surface area contributed by atoms with Crippen LogP contribution in [0.5, 0.6) is 0 Å². The molecule has 0 aliphatic heterocycles. The topological polar surface area (TPSA) is 27.1 Å². The Morgan fingerprint density at radius 1 is 1.17 bits per heavy atom. The van der Waals surface area contributed by atoms with Gasteiger partial charge in [-0.3, -0.25) is 4.68 Å². The number of hydrogen-bond acceptors (Lipinski definition) is 2. The van der Waals surface area contributed by atoms with Gasteiger partial charge in [0.15, 0.2) is 0 Å². The van der Waals surface area contributed by atoms with Gasteiger partial charge >= 0.3 is 0 Å². The van der Waals surface area contributed by atoms with Crippen molar-refractivity contribution < 1.29 is 4.74 Å². The first-order valence-electron chi connectivity index (χ1n) is 8.59. The van der Waals surface area contributed by atoms with Crippen molar-refractivity contribution in [3.8, 4) is 11.1 Å². The summed E-state index contributed by atoms with van der Waals surface area (Å²) in [4.78, 5) is 0. The van der Waals surface area contributed by atoms with E-state index in [1.807, 2.05) is 0 Å². The molecule has 3 nitrogen and oxygen atoms in total. The third-order valence-electron chi connectivity index (χ3n) is 4.72. The van der Waals surface area contributed by atoms with Gasteiger partial charge in [0.05, 0.1) is 12.3 Å². The maximum absolute atomic E-state index is 5.27. The number of halogens is 1. The van der Waals surface area contributed by atoms with Crippen LogP contribution in [0.4, 0.5) is 0 Å². The number of rotatable bonds is 6. The summed E-state index contributed by atoms with van der Waals surface area (Å²) in [5, 5.41) is 4.91. The summed E-state index contributed by atoms with van der Waals surface area (Å²) in [6.45, 7) is 1.72. The van der Waals surface area contributed by atoms with Gasteiger partial charge in [-0.25, -0.2) is 0 Å². The second-order valence-electron chi connectivity index (χ2n) is 6.41. The fourth-order valence-corrected chi connectivity index (χ4v) is 4.17. The first-order chi connectivity index (χ1) is 11.3. The van der Waals surface area contributed by atoms with Gasteiger partial charge in [-0.05, 0) is 40.3 Å². The third-order valence-corrected chi connectivity index (χ3v) is 5.53. The molecule has 1 aromatic carbocycles. The molecular weight excluding hydrogens is 352 g/mol. The minimum Gasteiger partial charge on any atom is -0.384 e. The van der Waals surface area contributed by atoms with Crippen molar-refractivity contribution in [1.29, 1.82) is 0 Å². The van der Waals surface area contributed by atoms with Crippen molar-refractivity contribution in [2.24, 2.45) is 5.92 Å². The van der Waals surface area contributed by atoms with Gasteiger partial charge in [0.2, 0.25) is 0 Å². The predicted octanol–water partition coefficient (Wildman–Crippen LogP) is 5.08. The maximum atomic E-state index is 5.27. The van der Waals surface area contributed by atoms with Crippen molar-refractivity contribution in [1.82, 2.24) is 9.78 Å². The van der Waals surface area contributed by atoms with Crippen LogP contribution in [0.25, 0.3) is 11.1 Å². The van der Waals surface area contributed by atoms with Crippen LogP contribution < -0.4 is 0 Å². The van der Waals surface area contributed by atoms with Crippen LogP contribution in [-0.4, -0.2) is 23.5 Å². The lowest BCUT2D eigenvalue weighted by Crippen LogP contribution is -2.15. The Balaban J connectivity index is 1.89. The number of benzene rings is 1. The van der Waals surface area contributed by atoms with E-state index in [9.17, 15) is 0 Å². The molecular formula is C19H25BrN2O. The molecule has 1 aliphatic carbocycles. The molecule has 0 bridgehead atoms. The van der Waals surface area contributed by atoms with Crippen molar-refractivity contribution in [3.05, 3.63) is 40.6 Å². The predicted molar refractivity (Wildman–Crippen MR) is 97.5 cm³/mol. The van der Waals surface area contributed by atoms with Gasteiger partial charge < -0.3 is 4.74 Å². The number of hydrogen-bond donors (Lipinski definition) is 0. The minimum atomic E-state index is 0.701. The second-order valence-corrected chi connectivity index (χ2v) is 7.16. The molecule has 0 N–H and O–H groups in total. The lowest BCUT2D eigenvalue weighted by molar-refractivity contribution is 0.201. The van der Waals surface area contributed by atoms with E-state index >= 15 is 0 Å². The smallest absolute Gasteiger partial charge is 0.112 e. The number of ether oxygens (including phenoxy) is 1. The average Bonchev–Trinajstić information content (AvgIpc) is 2.90. The first-order valence-corrected chi connectivity index (χ1v) is 9.38. The standard InChI is InChI=1S/C19H25BrN2O/c1-23-13-12-17-18(16-10-6-3-7-11-16)19(20)22(21-17)14-15-8-4-2-5-9-15/h3,6-7,10-11,15H,2,4-5,8-9,12-14H2,1H3. The van der Waals surface area contributed by atoms with Crippen LogP contribution in [-0.2, 0) is 17.7 Å². The molecule has 1 heterocycles. The first kappa shape index (κ1) is 16.7. The lowest BCUT2D eigenvalue weighted by atomic mass is 9.89. The van der Waals surface area contributed by atoms with Crippen LogP contribution in [0.1, 0.15) is 37.8 Å². The van der Waals surface area contributed by atoms with E-state index in [2.05, 4.69) is 50.9 Å². The van der Waals surface area contributed by atoms with E-state index in [4.69, 9.17) is 9.84 Å². The molecule has 1 saturated carbocycles. The normalized spacial score (nSPS) is 15.9. The highest BCUT2D eigenvalue weighted by molar-refractivity contribution is 9.10. The molecule has 1 aromatic heterocycles. The van der Waals surface area contributed by atoms with Crippen molar-refractivity contribution in [3.63, 3.8) is 0 Å². The zero-order valence-electron chi connectivity index (χ0n) is 13.8. The zero-order chi connectivity index (χ0) is 16.1. The van der Waals surface area contributed by atoms with Crippen molar-refractivity contribution in [2.75, 3.05) is 13.7 Å². The average molecular weight is 377 g/mol. The Morgan fingerprint density at radius 3 is 2.61 bits per heavy atom. The quantitative estimate of drug-likeness (QED) is 0.702. The Bertz CT molecular complexity index is 618. The van der Waals surface area contributed by atoms with E-state index in [0.29, 0.717) is 6.61 Å². The number of methoxy groups -OCH3 is 1. The molecule has 2 aromatic rings. The summed E-state index contributed by atoms with van der Waals surface area (Å²) in [5.74, 6) is 0.763. The molecule has 0 amide bonds. The number of nitrogens with zero attached hydrogens (tertiary/aromatic N) is 2. The fourth-order valence-electron chi connectivity index (χ4n) is 3.49. The Kier molecular flexibility index (Phi) is 5.90. The van der Waals surface area contributed by atoms with Crippen LogP contribution in [0.15, 0.2) is 34.9 Å². The third kappa shape index (κ3) is 4.04. The van der Waals surface area contributed by atoms with E-state index < -0.39 is 0 Å². The van der Waals surface area contributed by atoms with Gasteiger partial charge in [0.25, 0.3) is 0 Å². The van der Waals surface area contributed by atoms with Crippen LogP contribution in [0.2, 0.25) is 0 Å². The van der Waals surface area contributed by atoms with Crippen LogP contribution >= 0.6 is 15.9 Å². The summed E-state index contributed by atoms with van der Waals surface area (Å²) in [7, 11) is 1.75. The zero-order valence-corrected chi connectivity index (χ0v) is 15.4. The number of aromatic nitrogens is 2. The van der Waals surface area contributed by atoms with Gasteiger partial charge in [-0.2, -0.15) is 5.10 Å². The highest BCUT2D eigenvalue weighted by Crippen LogP contribution is 2.34. The SMILES string of the molecule is COCCc1nn(CC2CCCCC2)c(Br)c1-c1ccccc1. The van der Waals surface area contributed by atoms with Crippen LogP contribution in [0, 0.1) is 5.92 Å². The molecule has 124 valence electrons. The van der Waals surface area contributed by atoms with E-state index in [-0.39, 0.29) is 0 Å². The van der Waals surface area contributed by atoms with Gasteiger partial charge in [-0.1, -0.05) is 49.6 Å². The van der Waals surface area contributed by atoms with Crippen molar-refractivity contribution >= 4 is 15.9 Å². The van der Waals surface area contributed by atoms with E-state index in [1.54, 1.807) is 7.11 Å². The Morgan fingerprint density at radius 2 is 1.91 bits per heavy atom. The summed E-state index contributed by atoms with van der Waals surface area (Å²) in [6.07, 6.45) is 7.64. The molecule has 3 rings (SSSR count). The lowest BCUT2D eigenvalue weighted by Gasteiger charge is -2.21.